The Morgan fingerprint density at radius 1 is 1.32 bits per heavy atom. The number of nitrogens with zero attached hydrogens (tertiary/aromatic N) is 2. The number of benzene rings is 1. The molecule has 0 fully saturated rings. The number of aromatic nitrogens is 2. The highest BCUT2D eigenvalue weighted by Gasteiger charge is 2.05. The first-order valence-corrected chi connectivity index (χ1v) is 8.77. The molecular weight excluding hydrogens is 304 g/mol. The van der Waals surface area contributed by atoms with Crippen LogP contribution in [0.1, 0.15) is 5.56 Å². The summed E-state index contributed by atoms with van der Waals surface area (Å²) in [5.41, 5.74) is 1.64. The fourth-order valence-corrected chi connectivity index (χ4v) is 2.33. The maximum Gasteiger partial charge on any atom is 0.319 e. The van der Waals surface area contributed by atoms with Gasteiger partial charge >= 0.3 is 6.03 Å². The van der Waals surface area contributed by atoms with Crippen LogP contribution in [0.2, 0.25) is 0 Å². The summed E-state index contributed by atoms with van der Waals surface area (Å²) >= 11 is 0. The second-order valence-corrected chi connectivity index (χ2v) is 7.17. The summed E-state index contributed by atoms with van der Waals surface area (Å²) in [4.78, 5) is 11.7. The summed E-state index contributed by atoms with van der Waals surface area (Å²) in [7, 11) is -3.08. The lowest BCUT2D eigenvalue weighted by Gasteiger charge is -2.09. The minimum absolute atomic E-state index is 0.0810. The molecule has 7 nitrogen and oxygen atoms in total. The monoisotopic (exact) mass is 322 g/mol. The van der Waals surface area contributed by atoms with E-state index < -0.39 is 15.9 Å². The van der Waals surface area contributed by atoms with Gasteiger partial charge in [0.25, 0.3) is 0 Å². The molecule has 0 aliphatic carbocycles. The van der Waals surface area contributed by atoms with Crippen molar-refractivity contribution in [1.82, 2.24) is 15.1 Å². The van der Waals surface area contributed by atoms with Crippen LogP contribution in [0, 0.1) is 0 Å². The molecule has 0 saturated carbocycles. The highest BCUT2D eigenvalue weighted by Crippen LogP contribution is 2.11. The van der Waals surface area contributed by atoms with Gasteiger partial charge in [-0.3, -0.25) is 4.68 Å². The normalized spacial score (nSPS) is 11.1. The van der Waals surface area contributed by atoms with E-state index in [4.69, 9.17) is 0 Å². The average Bonchev–Trinajstić information content (AvgIpc) is 2.90. The second kappa shape index (κ2) is 7.08. The quantitative estimate of drug-likeness (QED) is 0.833. The maximum atomic E-state index is 11.7. The lowest BCUT2D eigenvalue weighted by atomic mass is 10.2. The fourth-order valence-electron chi connectivity index (χ4n) is 1.85. The van der Waals surface area contributed by atoms with Gasteiger partial charge < -0.3 is 10.6 Å². The third kappa shape index (κ3) is 5.57. The van der Waals surface area contributed by atoms with Crippen molar-refractivity contribution >= 4 is 21.6 Å². The molecule has 1 aromatic heterocycles. The topological polar surface area (TPSA) is 93.1 Å². The highest BCUT2D eigenvalue weighted by atomic mass is 32.2. The van der Waals surface area contributed by atoms with Gasteiger partial charge in [-0.1, -0.05) is 12.1 Å². The number of sulfone groups is 1. The summed E-state index contributed by atoms with van der Waals surface area (Å²) < 4.78 is 23.8. The lowest BCUT2D eigenvalue weighted by Crippen LogP contribution is -2.32. The predicted octanol–water partition coefficient (Wildman–Crippen LogP) is 1.10. The van der Waals surface area contributed by atoms with Crippen LogP contribution in [0.5, 0.6) is 0 Å². The molecule has 1 aromatic carbocycles. The van der Waals surface area contributed by atoms with Crippen LogP contribution in [-0.2, 0) is 16.4 Å². The second-order valence-electron chi connectivity index (χ2n) is 4.91. The van der Waals surface area contributed by atoms with Crippen LogP contribution in [0.25, 0.3) is 0 Å². The van der Waals surface area contributed by atoms with Crippen LogP contribution < -0.4 is 10.6 Å². The van der Waals surface area contributed by atoms with Gasteiger partial charge in [0.2, 0.25) is 0 Å². The summed E-state index contributed by atoms with van der Waals surface area (Å²) in [5, 5.41) is 9.31. The zero-order valence-corrected chi connectivity index (χ0v) is 13.0. The van der Waals surface area contributed by atoms with Crippen molar-refractivity contribution in [2.75, 3.05) is 23.9 Å². The fraction of sp³-hybridized carbons (Fsp3) is 0.286. The molecule has 2 N–H and O–H groups in total. The number of hydrogen-bond donors (Lipinski definition) is 2. The van der Waals surface area contributed by atoms with E-state index in [0.717, 1.165) is 11.8 Å². The maximum absolute atomic E-state index is 11.7. The van der Waals surface area contributed by atoms with Gasteiger partial charge in [-0.15, -0.1) is 0 Å². The van der Waals surface area contributed by atoms with Crippen molar-refractivity contribution < 1.29 is 13.2 Å². The van der Waals surface area contributed by atoms with Crippen LogP contribution in [0.4, 0.5) is 10.5 Å². The highest BCUT2D eigenvalue weighted by molar-refractivity contribution is 7.90. The summed E-state index contributed by atoms with van der Waals surface area (Å²) in [6.07, 6.45) is 4.70. The SMILES string of the molecule is CS(=O)(=O)CCNC(=O)Nc1cccc(Cn2cccn2)c1. The van der Waals surface area contributed by atoms with Crippen molar-refractivity contribution in [3.8, 4) is 0 Å². The van der Waals surface area contributed by atoms with E-state index in [2.05, 4.69) is 15.7 Å². The molecule has 0 bridgehead atoms. The number of hydrogen-bond acceptors (Lipinski definition) is 4. The minimum Gasteiger partial charge on any atom is -0.337 e. The average molecular weight is 322 g/mol. The number of rotatable bonds is 6. The summed E-state index contributed by atoms with van der Waals surface area (Å²) in [6, 6.07) is 8.80. The lowest BCUT2D eigenvalue weighted by molar-refractivity contribution is 0.252. The molecule has 8 heteroatoms. The van der Waals surface area contributed by atoms with Crippen molar-refractivity contribution in [3.63, 3.8) is 0 Å². The van der Waals surface area contributed by atoms with Gasteiger partial charge in [-0.2, -0.15) is 5.10 Å². The Bertz CT molecular complexity index is 726. The zero-order chi connectivity index (χ0) is 16.0. The first kappa shape index (κ1) is 16.0. The first-order valence-electron chi connectivity index (χ1n) is 6.71. The van der Waals surface area contributed by atoms with E-state index in [0.29, 0.717) is 12.2 Å². The Kier molecular flexibility index (Phi) is 5.16. The molecule has 22 heavy (non-hydrogen) atoms. The molecule has 0 saturated heterocycles. The zero-order valence-electron chi connectivity index (χ0n) is 12.2. The minimum atomic E-state index is -3.08. The Morgan fingerprint density at radius 3 is 2.82 bits per heavy atom. The van der Waals surface area contributed by atoms with Gasteiger partial charge in [-0.25, -0.2) is 13.2 Å². The summed E-state index contributed by atoms with van der Waals surface area (Å²) in [5.74, 6) is -0.0836. The third-order valence-corrected chi connectivity index (χ3v) is 3.79. The van der Waals surface area contributed by atoms with Gasteiger partial charge in [-0.05, 0) is 23.8 Å². The molecule has 2 amide bonds. The first-order chi connectivity index (χ1) is 10.4. The van der Waals surface area contributed by atoms with Gasteiger partial charge in [0.15, 0.2) is 0 Å². The van der Waals surface area contributed by atoms with Crippen molar-refractivity contribution in [2.45, 2.75) is 6.54 Å². The molecule has 118 valence electrons. The molecule has 0 aliphatic heterocycles. The predicted molar refractivity (Wildman–Crippen MR) is 84.5 cm³/mol. The molecule has 1 heterocycles. The van der Waals surface area contributed by atoms with Crippen LogP contribution in [0.3, 0.4) is 0 Å². The molecule has 0 spiro atoms. The van der Waals surface area contributed by atoms with Crippen LogP contribution >= 0.6 is 0 Å². The smallest absolute Gasteiger partial charge is 0.319 e. The van der Waals surface area contributed by atoms with E-state index in [1.165, 1.54) is 0 Å². The Hall–Kier alpha value is -2.35. The Morgan fingerprint density at radius 2 is 2.14 bits per heavy atom. The molecule has 2 aromatic rings. The molecule has 0 aliphatic rings. The summed E-state index contributed by atoms with van der Waals surface area (Å²) in [6.45, 7) is 0.690. The van der Waals surface area contributed by atoms with E-state index >= 15 is 0 Å². The Balaban J connectivity index is 1.88. The van der Waals surface area contributed by atoms with Gasteiger partial charge in [0.1, 0.15) is 9.84 Å². The molecule has 2 rings (SSSR count). The van der Waals surface area contributed by atoms with Crippen molar-refractivity contribution in [2.24, 2.45) is 0 Å². The van der Waals surface area contributed by atoms with Crippen LogP contribution in [0.15, 0.2) is 42.7 Å². The standard InChI is InChI=1S/C14H18N4O3S/c1-22(20,21)9-7-15-14(19)17-13-5-2-4-12(10-13)11-18-8-3-6-16-18/h2-6,8,10H,7,9,11H2,1H3,(H2,15,17,19). The molecule has 0 radical (unpaired) electrons. The van der Waals surface area contributed by atoms with Crippen molar-refractivity contribution in [3.05, 3.63) is 48.3 Å². The number of carbonyl (C=O) groups excluding carboxylic acids is 1. The molecule has 0 unspecified atom stereocenters. The van der Waals surface area contributed by atoms with E-state index in [-0.39, 0.29) is 12.3 Å². The number of amides is 2. The van der Waals surface area contributed by atoms with E-state index in [1.807, 2.05) is 30.5 Å². The number of urea groups is 1. The van der Waals surface area contributed by atoms with Crippen LogP contribution in [-0.4, -0.2) is 42.8 Å². The largest absolute Gasteiger partial charge is 0.337 e. The molecular formula is C14H18N4O3S. The van der Waals surface area contributed by atoms with Gasteiger partial charge in [0.05, 0.1) is 12.3 Å². The van der Waals surface area contributed by atoms with E-state index in [1.54, 1.807) is 16.9 Å². The number of nitrogens with one attached hydrogen (secondary N) is 2. The molecule has 0 atom stereocenters. The number of carbonyl (C=O) groups is 1. The van der Waals surface area contributed by atoms with E-state index in [9.17, 15) is 13.2 Å². The van der Waals surface area contributed by atoms with Gasteiger partial charge in [0, 0.05) is 30.9 Å². The van der Waals surface area contributed by atoms with Crippen molar-refractivity contribution in [1.29, 1.82) is 0 Å². The Labute approximate surface area is 129 Å². The third-order valence-electron chi connectivity index (χ3n) is 2.85. The number of anilines is 1.